The highest BCUT2D eigenvalue weighted by molar-refractivity contribution is 9.09. The quantitative estimate of drug-likeness (QED) is 0.385. The topological polar surface area (TPSA) is 9.23 Å². The number of halogens is 1. The highest BCUT2D eigenvalue weighted by Crippen LogP contribution is 2.27. The molecule has 0 amide bonds. The van der Waals surface area contributed by atoms with Crippen molar-refractivity contribution in [3.63, 3.8) is 0 Å². The van der Waals surface area contributed by atoms with Gasteiger partial charge in [-0.15, -0.1) is 0 Å². The first-order valence-electron chi connectivity index (χ1n) is 6.09. The third-order valence-corrected chi connectivity index (χ3v) is 3.94. The van der Waals surface area contributed by atoms with Crippen LogP contribution in [0.25, 0.3) is 0 Å². The molecule has 1 unspecified atom stereocenters. The molecule has 0 spiro atoms. The fourth-order valence-corrected chi connectivity index (χ4v) is 3.23. The van der Waals surface area contributed by atoms with Gasteiger partial charge in [0.15, 0.2) is 9.04 Å². The van der Waals surface area contributed by atoms with Crippen LogP contribution < -0.4 is 0 Å². The molecule has 0 radical (unpaired) electrons. The Hall–Kier alpha value is 0.657. The zero-order valence-electron chi connectivity index (χ0n) is 11.0. The summed E-state index contributed by atoms with van der Waals surface area (Å²) in [5.41, 5.74) is 0.297. The molecule has 0 saturated carbocycles. The van der Waals surface area contributed by atoms with Crippen LogP contribution in [-0.2, 0) is 4.43 Å². The van der Waals surface area contributed by atoms with Crippen LogP contribution in [0.15, 0.2) is 0 Å². The Labute approximate surface area is 106 Å². The molecule has 0 aromatic carbocycles. The van der Waals surface area contributed by atoms with Crippen molar-refractivity contribution < 1.29 is 4.43 Å². The van der Waals surface area contributed by atoms with Gasteiger partial charge in [-0.2, -0.15) is 0 Å². The van der Waals surface area contributed by atoms with Crippen molar-refractivity contribution in [3.05, 3.63) is 0 Å². The van der Waals surface area contributed by atoms with E-state index in [0.29, 0.717) is 11.5 Å². The first-order chi connectivity index (χ1) is 6.88. The van der Waals surface area contributed by atoms with Gasteiger partial charge >= 0.3 is 0 Å². The van der Waals surface area contributed by atoms with Gasteiger partial charge in [0, 0.05) is 11.4 Å². The first-order valence-corrected chi connectivity index (χ1v) is 9.99. The van der Waals surface area contributed by atoms with E-state index in [1.807, 2.05) is 0 Å². The third-order valence-electron chi connectivity index (χ3n) is 2.50. The molecule has 0 aliphatic heterocycles. The number of unbranched alkanes of at least 4 members (excludes halogenated alkanes) is 2. The van der Waals surface area contributed by atoms with Crippen LogP contribution in [0, 0.1) is 5.41 Å². The highest BCUT2D eigenvalue weighted by Gasteiger charge is 2.25. The van der Waals surface area contributed by atoms with E-state index in [-0.39, 0.29) is 0 Å². The lowest BCUT2D eigenvalue weighted by atomic mass is 9.86. The van der Waals surface area contributed by atoms with Gasteiger partial charge in [0.1, 0.15) is 0 Å². The summed E-state index contributed by atoms with van der Waals surface area (Å²) in [5, 5.41) is 1.13. The van der Waals surface area contributed by atoms with Gasteiger partial charge in [-0.25, -0.2) is 0 Å². The molecule has 0 bridgehead atoms. The summed E-state index contributed by atoms with van der Waals surface area (Å²) in [4.78, 5) is 0. The Morgan fingerprint density at radius 2 is 1.73 bits per heavy atom. The smallest absolute Gasteiger partial charge is 0.171 e. The van der Waals surface area contributed by atoms with E-state index in [0.717, 1.165) is 5.33 Å². The van der Waals surface area contributed by atoms with Crippen LogP contribution in [0.2, 0.25) is 13.1 Å². The van der Waals surface area contributed by atoms with E-state index in [2.05, 4.69) is 49.8 Å². The molecular formula is C12H27BrOSi. The van der Waals surface area contributed by atoms with Crippen molar-refractivity contribution in [2.75, 3.05) is 5.33 Å². The second-order valence-corrected chi connectivity index (χ2v) is 8.74. The summed E-state index contributed by atoms with van der Waals surface area (Å²) in [7, 11) is -0.896. The summed E-state index contributed by atoms with van der Waals surface area (Å²) < 4.78 is 6.12. The molecule has 92 valence electrons. The summed E-state index contributed by atoms with van der Waals surface area (Å²) >= 11 is 3.47. The van der Waals surface area contributed by atoms with Gasteiger partial charge in [-0.3, -0.25) is 0 Å². The maximum absolute atomic E-state index is 6.12. The number of alkyl halides is 1. The molecule has 0 saturated heterocycles. The van der Waals surface area contributed by atoms with Gasteiger partial charge in [0.25, 0.3) is 0 Å². The van der Waals surface area contributed by atoms with Crippen molar-refractivity contribution in [2.24, 2.45) is 5.41 Å². The van der Waals surface area contributed by atoms with E-state index in [1.54, 1.807) is 0 Å². The number of hydrogen-bond acceptors (Lipinski definition) is 1. The Bertz CT molecular complexity index is 154. The van der Waals surface area contributed by atoms with Gasteiger partial charge < -0.3 is 4.43 Å². The normalized spacial score (nSPS) is 14.6. The highest BCUT2D eigenvalue weighted by atomic mass is 79.9. The van der Waals surface area contributed by atoms with E-state index in [1.165, 1.54) is 25.7 Å². The molecule has 0 aliphatic carbocycles. The van der Waals surface area contributed by atoms with E-state index >= 15 is 0 Å². The molecule has 1 nitrogen and oxygen atoms in total. The molecule has 0 N–H and O–H groups in total. The van der Waals surface area contributed by atoms with Crippen molar-refractivity contribution in [1.29, 1.82) is 0 Å². The fourth-order valence-electron chi connectivity index (χ4n) is 1.63. The second-order valence-electron chi connectivity index (χ2n) is 5.58. The Kier molecular flexibility index (Phi) is 8.20. The van der Waals surface area contributed by atoms with Crippen molar-refractivity contribution >= 4 is 25.0 Å². The molecule has 3 heteroatoms. The molecule has 0 rings (SSSR count). The van der Waals surface area contributed by atoms with E-state index in [4.69, 9.17) is 4.43 Å². The zero-order valence-corrected chi connectivity index (χ0v) is 13.7. The lowest BCUT2D eigenvalue weighted by Gasteiger charge is -2.32. The lowest BCUT2D eigenvalue weighted by Crippen LogP contribution is -2.33. The van der Waals surface area contributed by atoms with Crippen LogP contribution >= 0.6 is 15.9 Å². The second kappa shape index (κ2) is 7.85. The minimum Gasteiger partial charge on any atom is -0.417 e. The molecule has 0 aliphatic rings. The first kappa shape index (κ1) is 15.7. The van der Waals surface area contributed by atoms with Gasteiger partial charge in [0.2, 0.25) is 0 Å². The third kappa shape index (κ3) is 8.46. The van der Waals surface area contributed by atoms with Crippen molar-refractivity contribution in [1.82, 2.24) is 0 Å². The minimum absolute atomic E-state index is 0.297. The van der Waals surface area contributed by atoms with Gasteiger partial charge in [-0.1, -0.05) is 49.5 Å². The summed E-state index contributed by atoms with van der Waals surface area (Å²) in [6, 6.07) is 0. The number of hydrogen-bond donors (Lipinski definition) is 0. The fraction of sp³-hybridized carbons (Fsp3) is 1.00. The molecule has 0 heterocycles. The Balaban J connectivity index is 3.92. The average molecular weight is 295 g/mol. The standard InChI is InChI=1S/C12H27BrOSi/c1-12(2,3)11(14-15(4)5)9-7-6-8-10-13/h11,15H,6-10H2,1-5H3. The zero-order chi connectivity index (χ0) is 11.9. The van der Waals surface area contributed by atoms with Crippen LogP contribution in [0.1, 0.15) is 46.5 Å². The van der Waals surface area contributed by atoms with Crippen LogP contribution in [-0.4, -0.2) is 20.5 Å². The van der Waals surface area contributed by atoms with Crippen molar-refractivity contribution in [2.45, 2.75) is 65.7 Å². The molecule has 0 aromatic rings. The van der Waals surface area contributed by atoms with Crippen molar-refractivity contribution in [3.8, 4) is 0 Å². The Morgan fingerprint density at radius 3 is 2.13 bits per heavy atom. The van der Waals surface area contributed by atoms with Crippen LogP contribution in [0.3, 0.4) is 0 Å². The summed E-state index contributed by atoms with van der Waals surface area (Å²) in [5.74, 6) is 0. The summed E-state index contributed by atoms with van der Waals surface area (Å²) in [6.07, 6.45) is 5.59. The monoisotopic (exact) mass is 294 g/mol. The molecule has 1 atom stereocenters. The van der Waals surface area contributed by atoms with E-state index < -0.39 is 9.04 Å². The van der Waals surface area contributed by atoms with Crippen LogP contribution in [0.5, 0.6) is 0 Å². The predicted octanol–water partition coefficient (Wildman–Crippen LogP) is 4.36. The Morgan fingerprint density at radius 1 is 1.13 bits per heavy atom. The maximum atomic E-state index is 6.12. The van der Waals surface area contributed by atoms with Gasteiger partial charge in [-0.05, 0) is 31.4 Å². The van der Waals surface area contributed by atoms with E-state index in [9.17, 15) is 0 Å². The largest absolute Gasteiger partial charge is 0.417 e. The minimum atomic E-state index is -0.896. The average Bonchev–Trinajstić information content (AvgIpc) is 2.08. The molecule has 15 heavy (non-hydrogen) atoms. The SMILES string of the molecule is C[SiH](C)OC(CCCCCBr)C(C)(C)C. The molecular weight excluding hydrogens is 268 g/mol. The lowest BCUT2D eigenvalue weighted by molar-refractivity contribution is 0.0761. The maximum Gasteiger partial charge on any atom is 0.171 e. The molecule has 0 fully saturated rings. The number of rotatable bonds is 7. The van der Waals surface area contributed by atoms with Crippen LogP contribution in [0.4, 0.5) is 0 Å². The summed E-state index contributed by atoms with van der Waals surface area (Å²) in [6.45, 7) is 11.4. The van der Waals surface area contributed by atoms with Gasteiger partial charge in [0.05, 0.1) is 0 Å². The predicted molar refractivity (Wildman–Crippen MR) is 75.5 cm³/mol. The molecule has 0 aromatic heterocycles.